The number of fused-ring (bicyclic) bond motifs is 2. The maximum Gasteiger partial charge on any atom is 0.161 e. The molecule has 3 aromatic rings. The number of hydrogen-bond donors (Lipinski definition) is 1. The summed E-state index contributed by atoms with van der Waals surface area (Å²) in [6.45, 7) is 3.02. The summed E-state index contributed by atoms with van der Waals surface area (Å²) in [5.74, 6) is 1.53. The lowest BCUT2D eigenvalue weighted by Crippen LogP contribution is -2.30. The summed E-state index contributed by atoms with van der Waals surface area (Å²) in [4.78, 5) is 1.16. The average Bonchev–Trinajstić information content (AvgIpc) is 2.95. The molecule has 0 saturated carbocycles. The summed E-state index contributed by atoms with van der Waals surface area (Å²) >= 11 is 8.52. The number of ether oxygens (including phenoxy) is 2. The minimum Gasteiger partial charge on any atom is -0.493 e. The minimum absolute atomic E-state index is 0.0776. The van der Waals surface area contributed by atoms with Crippen LogP contribution in [0.4, 0.5) is 0 Å². The van der Waals surface area contributed by atoms with E-state index >= 15 is 0 Å². The number of halogens is 1. The van der Waals surface area contributed by atoms with E-state index in [4.69, 9.17) is 21.1 Å². The molecule has 2 heterocycles. The number of rotatable bonds is 3. The molecule has 0 spiro atoms. The Morgan fingerprint density at radius 2 is 1.88 bits per heavy atom. The van der Waals surface area contributed by atoms with Crippen molar-refractivity contribution in [2.75, 3.05) is 20.8 Å². The molecule has 0 radical (unpaired) electrons. The van der Waals surface area contributed by atoms with Crippen molar-refractivity contribution in [3.63, 3.8) is 0 Å². The lowest BCUT2D eigenvalue weighted by Gasteiger charge is -2.27. The normalized spacial score (nSPS) is 16.7. The van der Waals surface area contributed by atoms with E-state index in [-0.39, 0.29) is 6.04 Å². The van der Waals surface area contributed by atoms with Crippen LogP contribution in [-0.4, -0.2) is 20.8 Å². The second kappa shape index (κ2) is 6.52. The van der Waals surface area contributed by atoms with Crippen LogP contribution in [0.2, 0.25) is 5.02 Å². The molecule has 0 bridgehead atoms. The Hall–Kier alpha value is -1.75. The highest BCUT2D eigenvalue weighted by Gasteiger charge is 2.27. The summed E-state index contributed by atoms with van der Waals surface area (Å²) in [5.41, 5.74) is 3.75. The number of benzene rings is 2. The molecule has 0 amide bonds. The molecular weight excluding hydrogens is 354 g/mol. The van der Waals surface area contributed by atoms with E-state index in [0.717, 1.165) is 39.8 Å². The molecule has 130 valence electrons. The fourth-order valence-corrected chi connectivity index (χ4v) is 5.23. The first kappa shape index (κ1) is 16.7. The van der Waals surface area contributed by atoms with Gasteiger partial charge in [-0.15, -0.1) is 11.3 Å². The maximum atomic E-state index is 6.76. The number of nitrogens with one attached hydrogen (secondary N) is 1. The molecule has 1 aromatic heterocycles. The van der Waals surface area contributed by atoms with Crippen molar-refractivity contribution < 1.29 is 9.47 Å². The Morgan fingerprint density at radius 1 is 1.12 bits per heavy atom. The molecular formula is C20H20ClNO2S. The third kappa shape index (κ3) is 2.78. The number of aryl methyl sites for hydroxylation is 1. The van der Waals surface area contributed by atoms with E-state index in [2.05, 4.69) is 42.6 Å². The molecule has 0 saturated heterocycles. The van der Waals surface area contributed by atoms with Crippen LogP contribution in [-0.2, 0) is 6.42 Å². The van der Waals surface area contributed by atoms with Crippen LogP contribution in [0.15, 0.2) is 30.3 Å². The second-order valence-corrected chi connectivity index (χ2v) is 7.78. The van der Waals surface area contributed by atoms with Crippen molar-refractivity contribution in [1.29, 1.82) is 0 Å². The standard InChI is InChI=1S/C20H20ClNO2S/c1-11-4-5-13-17(8-11)25-20(18(13)21)19-14-10-16(24-3)15(23-2)9-12(14)6-7-22-19/h4-5,8-10,19,22H,6-7H2,1-3H3. The Morgan fingerprint density at radius 3 is 2.64 bits per heavy atom. The van der Waals surface area contributed by atoms with E-state index in [0.29, 0.717) is 0 Å². The second-order valence-electron chi connectivity index (χ2n) is 6.32. The Balaban J connectivity index is 1.87. The fraction of sp³-hybridized carbons (Fsp3) is 0.300. The van der Waals surface area contributed by atoms with Crippen LogP contribution in [0.1, 0.15) is 27.6 Å². The largest absolute Gasteiger partial charge is 0.493 e. The van der Waals surface area contributed by atoms with Gasteiger partial charge in [-0.1, -0.05) is 23.7 Å². The molecule has 2 aromatic carbocycles. The lowest BCUT2D eigenvalue weighted by molar-refractivity contribution is 0.353. The van der Waals surface area contributed by atoms with Gasteiger partial charge >= 0.3 is 0 Å². The van der Waals surface area contributed by atoms with Crippen LogP contribution < -0.4 is 14.8 Å². The van der Waals surface area contributed by atoms with E-state index in [1.165, 1.54) is 21.4 Å². The van der Waals surface area contributed by atoms with Gasteiger partial charge in [-0.05, 0) is 48.2 Å². The monoisotopic (exact) mass is 373 g/mol. The molecule has 4 rings (SSSR count). The summed E-state index contributed by atoms with van der Waals surface area (Å²) < 4.78 is 12.2. The van der Waals surface area contributed by atoms with Crippen molar-refractivity contribution in [2.24, 2.45) is 0 Å². The van der Waals surface area contributed by atoms with Crippen LogP contribution in [0.25, 0.3) is 10.1 Å². The molecule has 0 aliphatic carbocycles. The molecule has 1 N–H and O–H groups in total. The van der Waals surface area contributed by atoms with Crippen molar-refractivity contribution in [2.45, 2.75) is 19.4 Å². The molecule has 1 unspecified atom stereocenters. The Kier molecular flexibility index (Phi) is 4.36. The minimum atomic E-state index is 0.0776. The topological polar surface area (TPSA) is 30.5 Å². The first-order valence-electron chi connectivity index (χ1n) is 8.29. The summed E-state index contributed by atoms with van der Waals surface area (Å²) in [6.07, 6.45) is 0.966. The first-order valence-corrected chi connectivity index (χ1v) is 9.48. The zero-order chi connectivity index (χ0) is 17.6. The summed E-state index contributed by atoms with van der Waals surface area (Å²) in [6, 6.07) is 10.7. The van der Waals surface area contributed by atoms with Gasteiger partial charge in [-0.3, -0.25) is 0 Å². The van der Waals surface area contributed by atoms with Crippen LogP contribution in [0.5, 0.6) is 11.5 Å². The lowest BCUT2D eigenvalue weighted by atomic mass is 9.92. The van der Waals surface area contributed by atoms with E-state index in [1.807, 2.05) is 0 Å². The maximum absolute atomic E-state index is 6.76. The van der Waals surface area contributed by atoms with Gasteiger partial charge < -0.3 is 14.8 Å². The van der Waals surface area contributed by atoms with Crippen LogP contribution in [0.3, 0.4) is 0 Å². The van der Waals surface area contributed by atoms with Gasteiger partial charge in [0.1, 0.15) is 0 Å². The fourth-order valence-electron chi connectivity index (χ4n) is 3.49. The predicted octanol–water partition coefficient (Wildman–Crippen LogP) is 5.12. The highest BCUT2D eigenvalue weighted by Crippen LogP contribution is 2.44. The van der Waals surface area contributed by atoms with E-state index in [9.17, 15) is 0 Å². The average molecular weight is 374 g/mol. The predicted molar refractivity (Wildman–Crippen MR) is 105 cm³/mol. The van der Waals surface area contributed by atoms with Gasteiger partial charge in [-0.25, -0.2) is 0 Å². The molecule has 1 atom stereocenters. The molecule has 0 fully saturated rings. The number of thiophene rings is 1. The van der Waals surface area contributed by atoms with Crippen molar-refractivity contribution >= 4 is 33.0 Å². The Bertz CT molecular complexity index is 951. The van der Waals surface area contributed by atoms with Crippen LogP contribution in [0, 0.1) is 6.92 Å². The smallest absolute Gasteiger partial charge is 0.161 e. The van der Waals surface area contributed by atoms with E-state index in [1.54, 1.807) is 25.6 Å². The van der Waals surface area contributed by atoms with Gasteiger partial charge in [0.15, 0.2) is 11.5 Å². The van der Waals surface area contributed by atoms with Crippen molar-refractivity contribution in [3.05, 3.63) is 56.9 Å². The van der Waals surface area contributed by atoms with Gasteiger partial charge in [-0.2, -0.15) is 0 Å². The highest BCUT2D eigenvalue weighted by molar-refractivity contribution is 7.20. The number of hydrogen-bond acceptors (Lipinski definition) is 4. The third-order valence-electron chi connectivity index (χ3n) is 4.77. The molecule has 1 aliphatic heterocycles. The quantitative estimate of drug-likeness (QED) is 0.691. The van der Waals surface area contributed by atoms with E-state index < -0.39 is 0 Å². The molecule has 5 heteroatoms. The van der Waals surface area contributed by atoms with Crippen molar-refractivity contribution in [3.8, 4) is 11.5 Å². The SMILES string of the molecule is COc1cc2c(cc1OC)C(c1sc3cc(C)ccc3c1Cl)NCC2. The highest BCUT2D eigenvalue weighted by atomic mass is 35.5. The molecule has 25 heavy (non-hydrogen) atoms. The van der Waals surface area contributed by atoms with Gasteiger partial charge in [0.05, 0.1) is 25.3 Å². The zero-order valence-electron chi connectivity index (χ0n) is 14.5. The van der Waals surface area contributed by atoms with Gasteiger partial charge in [0.25, 0.3) is 0 Å². The van der Waals surface area contributed by atoms with Crippen molar-refractivity contribution in [1.82, 2.24) is 5.32 Å². The summed E-state index contributed by atoms with van der Waals surface area (Å²) in [5, 5.41) is 5.60. The third-order valence-corrected chi connectivity index (χ3v) is 6.51. The first-order chi connectivity index (χ1) is 12.1. The Labute approximate surface area is 156 Å². The van der Waals surface area contributed by atoms with Crippen LogP contribution >= 0.6 is 22.9 Å². The number of methoxy groups -OCH3 is 2. The summed E-state index contributed by atoms with van der Waals surface area (Å²) in [7, 11) is 3.35. The zero-order valence-corrected chi connectivity index (χ0v) is 16.1. The molecule has 3 nitrogen and oxygen atoms in total. The molecule has 1 aliphatic rings. The van der Waals surface area contributed by atoms with Gasteiger partial charge in [0, 0.05) is 21.5 Å². The van der Waals surface area contributed by atoms with Gasteiger partial charge in [0.2, 0.25) is 0 Å².